The lowest BCUT2D eigenvalue weighted by atomic mass is 10.1. The number of hydrogen-bond donors (Lipinski definition) is 0. The summed E-state index contributed by atoms with van der Waals surface area (Å²) in [5.41, 5.74) is 1.89. The molecule has 1 aliphatic heterocycles. The first kappa shape index (κ1) is 14.8. The summed E-state index contributed by atoms with van der Waals surface area (Å²) in [4.78, 5) is 24.7. The Morgan fingerprint density at radius 3 is 2.41 bits per heavy atom. The van der Waals surface area contributed by atoms with Crippen LogP contribution in [-0.2, 0) is 0 Å². The minimum Gasteiger partial charge on any atom is -0.352 e. The number of nitrogens with zero attached hydrogens (tertiary/aromatic N) is 4. The van der Waals surface area contributed by atoms with E-state index in [4.69, 9.17) is 11.6 Å². The third-order valence-electron chi connectivity index (χ3n) is 3.78. The summed E-state index contributed by atoms with van der Waals surface area (Å²) in [5, 5.41) is 0.385. The summed E-state index contributed by atoms with van der Waals surface area (Å²) in [7, 11) is 0. The van der Waals surface area contributed by atoms with Crippen molar-refractivity contribution in [3.63, 3.8) is 0 Å². The zero-order chi connectivity index (χ0) is 15.5. The number of piperazine rings is 1. The molecule has 0 unspecified atom stereocenters. The minimum atomic E-state index is 0.0804. The molecule has 1 aliphatic rings. The van der Waals surface area contributed by atoms with Crippen LogP contribution >= 0.6 is 11.6 Å². The first-order valence-corrected chi connectivity index (χ1v) is 7.60. The van der Waals surface area contributed by atoms with E-state index in [9.17, 15) is 4.79 Å². The van der Waals surface area contributed by atoms with Gasteiger partial charge >= 0.3 is 0 Å². The summed E-state index contributed by atoms with van der Waals surface area (Å²) < 4.78 is 0. The Balaban J connectivity index is 1.64. The highest BCUT2D eigenvalue weighted by molar-refractivity contribution is 6.29. The van der Waals surface area contributed by atoms with Gasteiger partial charge in [-0.1, -0.05) is 29.3 Å². The van der Waals surface area contributed by atoms with E-state index in [2.05, 4.69) is 14.9 Å². The summed E-state index contributed by atoms with van der Waals surface area (Å²) >= 11 is 5.87. The molecule has 3 rings (SSSR count). The van der Waals surface area contributed by atoms with Crippen molar-refractivity contribution < 1.29 is 4.79 Å². The van der Waals surface area contributed by atoms with Gasteiger partial charge in [0.2, 0.25) is 0 Å². The van der Waals surface area contributed by atoms with Gasteiger partial charge in [0.05, 0.1) is 12.4 Å². The molecule has 1 fully saturated rings. The monoisotopic (exact) mass is 316 g/mol. The van der Waals surface area contributed by atoms with E-state index in [1.807, 2.05) is 36.1 Å². The van der Waals surface area contributed by atoms with E-state index in [1.165, 1.54) is 6.20 Å². The Kier molecular flexibility index (Phi) is 4.24. The maximum atomic E-state index is 12.5. The first-order valence-electron chi connectivity index (χ1n) is 7.22. The van der Waals surface area contributed by atoms with Crippen molar-refractivity contribution in [2.45, 2.75) is 6.92 Å². The van der Waals surface area contributed by atoms with Crippen molar-refractivity contribution in [1.29, 1.82) is 0 Å². The number of benzene rings is 1. The molecule has 1 aromatic heterocycles. The fraction of sp³-hybridized carbons (Fsp3) is 0.312. The zero-order valence-corrected chi connectivity index (χ0v) is 13.1. The summed E-state index contributed by atoms with van der Waals surface area (Å²) in [6.45, 7) is 4.81. The van der Waals surface area contributed by atoms with Gasteiger partial charge in [0, 0.05) is 31.7 Å². The third kappa shape index (κ3) is 3.20. The van der Waals surface area contributed by atoms with Crippen LogP contribution in [0.25, 0.3) is 0 Å². The van der Waals surface area contributed by atoms with Crippen LogP contribution in [0.5, 0.6) is 0 Å². The first-order chi connectivity index (χ1) is 10.6. The highest BCUT2D eigenvalue weighted by Crippen LogP contribution is 2.16. The molecular weight excluding hydrogens is 300 g/mol. The Bertz CT molecular complexity index is 666. The lowest BCUT2D eigenvalue weighted by Crippen LogP contribution is -2.49. The molecule has 0 bridgehead atoms. The van der Waals surface area contributed by atoms with E-state index in [0.29, 0.717) is 18.2 Å². The molecule has 0 aliphatic carbocycles. The third-order valence-corrected chi connectivity index (χ3v) is 3.96. The maximum absolute atomic E-state index is 12.5. The van der Waals surface area contributed by atoms with Crippen molar-refractivity contribution >= 4 is 23.3 Å². The average Bonchev–Trinajstić information content (AvgIpc) is 2.55. The summed E-state index contributed by atoms with van der Waals surface area (Å²) in [5.74, 6) is 0.840. The van der Waals surface area contributed by atoms with Crippen LogP contribution < -0.4 is 4.90 Å². The van der Waals surface area contributed by atoms with E-state index in [0.717, 1.165) is 30.0 Å². The fourth-order valence-corrected chi connectivity index (χ4v) is 2.65. The molecule has 1 saturated heterocycles. The van der Waals surface area contributed by atoms with E-state index in [1.54, 1.807) is 6.20 Å². The predicted octanol–water partition coefficient (Wildman–Crippen LogP) is 2.40. The molecule has 0 saturated carbocycles. The van der Waals surface area contributed by atoms with Crippen molar-refractivity contribution in [2.75, 3.05) is 31.1 Å². The highest BCUT2D eigenvalue weighted by atomic mass is 35.5. The van der Waals surface area contributed by atoms with Crippen LogP contribution in [0, 0.1) is 6.92 Å². The second-order valence-corrected chi connectivity index (χ2v) is 5.73. The van der Waals surface area contributed by atoms with Gasteiger partial charge in [-0.2, -0.15) is 0 Å². The predicted molar refractivity (Wildman–Crippen MR) is 86.3 cm³/mol. The summed E-state index contributed by atoms with van der Waals surface area (Å²) in [6.07, 6.45) is 3.21. The number of aromatic nitrogens is 2. The normalized spacial score (nSPS) is 15.0. The molecule has 0 spiro atoms. The van der Waals surface area contributed by atoms with Gasteiger partial charge in [-0.3, -0.25) is 9.78 Å². The standard InChI is InChI=1S/C16H17ClN4O/c1-12-2-4-13(5-3-12)16(22)21-8-6-20(7-9-21)15-11-18-10-14(17)19-15/h2-5,10-11H,6-9H2,1H3. The largest absolute Gasteiger partial charge is 0.352 e. The number of halogens is 1. The van der Waals surface area contributed by atoms with E-state index < -0.39 is 0 Å². The number of carbonyl (C=O) groups is 1. The van der Waals surface area contributed by atoms with Gasteiger partial charge < -0.3 is 9.80 Å². The van der Waals surface area contributed by atoms with Gasteiger partial charge in [0.25, 0.3) is 5.91 Å². The lowest BCUT2D eigenvalue weighted by molar-refractivity contribution is 0.0746. The average molecular weight is 317 g/mol. The number of anilines is 1. The zero-order valence-electron chi connectivity index (χ0n) is 12.4. The fourth-order valence-electron chi connectivity index (χ4n) is 2.50. The van der Waals surface area contributed by atoms with Gasteiger partial charge in [0.1, 0.15) is 11.0 Å². The van der Waals surface area contributed by atoms with Crippen LogP contribution in [0.4, 0.5) is 5.82 Å². The van der Waals surface area contributed by atoms with Gasteiger partial charge in [0.15, 0.2) is 0 Å². The summed E-state index contributed by atoms with van der Waals surface area (Å²) in [6, 6.07) is 7.69. The second kappa shape index (κ2) is 6.32. The van der Waals surface area contributed by atoms with Crippen LogP contribution in [0.1, 0.15) is 15.9 Å². The number of amides is 1. The molecule has 5 nitrogen and oxygen atoms in total. The lowest BCUT2D eigenvalue weighted by Gasteiger charge is -2.35. The molecule has 1 amide bonds. The van der Waals surface area contributed by atoms with Crippen molar-refractivity contribution in [2.24, 2.45) is 0 Å². The Labute approximate surface area is 134 Å². The number of carbonyl (C=O) groups excluding carboxylic acids is 1. The smallest absolute Gasteiger partial charge is 0.253 e. The topological polar surface area (TPSA) is 49.3 Å². The van der Waals surface area contributed by atoms with E-state index >= 15 is 0 Å². The molecule has 2 heterocycles. The van der Waals surface area contributed by atoms with Crippen molar-refractivity contribution in [3.05, 3.63) is 52.9 Å². The number of hydrogen-bond acceptors (Lipinski definition) is 4. The second-order valence-electron chi connectivity index (χ2n) is 5.35. The molecule has 0 radical (unpaired) electrons. The molecule has 114 valence electrons. The van der Waals surface area contributed by atoms with Gasteiger partial charge in [-0.05, 0) is 19.1 Å². The highest BCUT2D eigenvalue weighted by Gasteiger charge is 2.23. The molecule has 2 aromatic rings. The Hall–Kier alpha value is -2.14. The van der Waals surface area contributed by atoms with Crippen molar-refractivity contribution in [1.82, 2.24) is 14.9 Å². The van der Waals surface area contributed by atoms with Gasteiger partial charge in [-0.15, -0.1) is 0 Å². The number of rotatable bonds is 2. The molecule has 0 atom stereocenters. The quantitative estimate of drug-likeness (QED) is 0.853. The molecular formula is C16H17ClN4O. The van der Waals surface area contributed by atoms with E-state index in [-0.39, 0.29) is 5.91 Å². The molecule has 22 heavy (non-hydrogen) atoms. The number of aryl methyl sites for hydroxylation is 1. The Morgan fingerprint density at radius 1 is 1.09 bits per heavy atom. The van der Waals surface area contributed by atoms with Crippen LogP contribution in [-0.4, -0.2) is 47.0 Å². The molecule has 0 N–H and O–H groups in total. The van der Waals surface area contributed by atoms with Gasteiger partial charge in [-0.25, -0.2) is 4.98 Å². The van der Waals surface area contributed by atoms with Crippen molar-refractivity contribution in [3.8, 4) is 0 Å². The van der Waals surface area contributed by atoms with Crippen LogP contribution in [0.3, 0.4) is 0 Å². The molecule has 1 aromatic carbocycles. The minimum absolute atomic E-state index is 0.0804. The molecule has 6 heteroatoms. The maximum Gasteiger partial charge on any atom is 0.253 e. The van der Waals surface area contributed by atoms with Crippen LogP contribution in [0.15, 0.2) is 36.7 Å². The SMILES string of the molecule is Cc1ccc(C(=O)N2CCN(c3cncc(Cl)n3)CC2)cc1. The Morgan fingerprint density at radius 2 is 1.77 bits per heavy atom. The van der Waals surface area contributed by atoms with Crippen LogP contribution in [0.2, 0.25) is 5.15 Å².